The summed E-state index contributed by atoms with van der Waals surface area (Å²) in [6.45, 7) is 0. The second-order valence-electron chi connectivity index (χ2n) is 4.17. The first-order chi connectivity index (χ1) is 9.72. The third-order valence-corrected chi connectivity index (χ3v) is 2.80. The summed E-state index contributed by atoms with van der Waals surface area (Å²) in [6, 6.07) is 16.4. The first kappa shape index (κ1) is 12.1. The number of carboxylic acids is 1. The number of hydrogen-bond donors (Lipinski definition) is 1. The lowest BCUT2D eigenvalue weighted by atomic mass is 10.1. The maximum Gasteiger partial charge on any atom is 0.356 e. The summed E-state index contributed by atoms with van der Waals surface area (Å²) in [7, 11) is 0. The van der Waals surface area contributed by atoms with E-state index in [1.807, 2.05) is 42.5 Å². The lowest BCUT2D eigenvalue weighted by Crippen LogP contribution is -2.02. The number of ether oxygens (including phenoxy) is 1. The number of rotatable bonds is 3. The van der Waals surface area contributed by atoms with Gasteiger partial charge in [-0.25, -0.2) is 4.79 Å². The Morgan fingerprint density at radius 2 is 1.75 bits per heavy atom. The highest BCUT2D eigenvalue weighted by atomic mass is 16.5. The van der Waals surface area contributed by atoms with Crippen molar-refractivity contribution in [1.29, 1.82) is 0 Å². The highest BCUT2D eigenvalue weighted by Crippen LogP contribution is 2.24. The van der Waals surface area contributed by atoms with Crippen molar-refractivity contribution in [3.8, 4) is 11.6 Å². The molecule has 0 aliphatic heterocycles. The van der Waals surface area contributed by atoms with Gasteiger partial charge in [-0.3, -0.25) is 0 Å². The van der Waals surface area contributed by atoms with E-state index in [9.17, 15) is 4.79 Å². The van der Waals surface area contributed by atoms with E-state index in [4.69, 9.17) is 9.84 Å². The highest BCUT2D eigenvalue weighted by molar-refractivity contribution is 5.85. The fraction of sp³-hybridized carbons (Fsp3) is 0. The lowest BCUT2D eigenvalue weighted by Gasteiger charge is -2.05. The molecule has 98 valence electrons. The fourth-order valence-corrected chi connectivity index (χ4v) is 1.84. The van der Waals surface area contributed by atoms with Gasteiger partial charge in [0.2, 0.25) is 5.88 Å². The molecule has 0 bridgehead atoms. The van der Waals surface area contributed by atoms with Gasteiger partial charge < -0.3 is 9.84 Å². The van der Waals surface area contributed by atoms with Gasteiger partial charge in [-0.15, -0.1) is 10.2 Å². The fourth-order valence-electron chi connectivity index (χ4n) is 1.84. The first-order valence-electron chi connectivity index (χ1n) is 5.96. The first-order valence-corrected chi connectivity index (χ1v) is 5.96. The number of fused-ring (bicyclic) bond motifs is 1. The standard InChI is InChI=1S/C15H10N2O3/c18-15(19)13-7-8-14(17-16-13)20-12-6-5-10-3-1-2-4-11(10)9-12/h1-9H,(H,18,19). The summed E-state index contributed by atoms with van der Waals surface area (Å²) < 4.78 is 5.55. The van der Waals surface area contributed by atoms with E-state index >= 15 is 0 Å². The molecule has 2 aromatic carbocycles. The Morgan fingerprint density at radius 1 is 0.950 bits per heavy atom. The molecular formula is C15H10N2O3. The molecule has 0 saturated carbocycles. The van der Waals surface area contributed by atoms with Crippen LogP contribution in [0, 0.1) is 0 Å². The van der Waals surface area contributed by atoms with Gasteiger partial charge in [-0.2, -0.15) is 0 Å². The molecule has 0 radical (unpaired) electrons. The van der Waals surface area contributed by atoms with Crippen molar-refractivity contribution in [1.82, 2.24) is 10.2 Å². The minimum absolute atomic E-state index is 0.115. The Morgan fingerprint density at radius 3 is 2.45 bits per heavy atom. The Kier molecular flexibility index (Phi) is 3.01. The van der Waals surface area contributed by atoms with Crippen LogP contribution in [-0.2, 0) is 0 Å². The number of benzene rings is 2. The zero-order chi connectivity index (χ0) is 13.9. The average Bonchev–Trinajstić information content (AvgIpc) is 2.48. The van der Waals surface area contributed by atoms with E-state index in [1.165, 1.54) is 12.1 Å². The molecule has 1 N–H and O–H groups in total. The molecule has 0 amide bonds. The van der Waals surface area contributed by atoms with E-state index in [1.54, 1.807) is 0 Å². The Hall–Kier alpha value is -2.95. The third-order valence-electron chi connectivity index (χ3n) is 2.80. The van der Waals surface area contributed by atoms with Crippen molar-refractivity contribution in [2.45, 2.75) is 0 Å². The molecule has 1 aromatic heterocycles. The summed E-state index contributed by atoms with van der Waals surface area (Å²) in [4.78, 5) is 10.7. The van der Waals surface area contributed by atoms with Crippen LogP contribution >= 0.6 is 0 Å². The predicted molar refractivity (Wildman–Crippen MR) is 73.0 cm³/mol. The Labute approximate surface area is 114 Å². The van der Waals surface area contributed by atoms with Crippen molar-refractivity contribution in [2.24, 2.45) is 0 Å². The van der Waals surface area contributed by atoms with Gasteiger partial charge in [0.15, 0.2) is 5.69 Å². The number of aromatic carboxylic acids is 1. The van der Waals surface area contributed by atoms with Crippen molar-refractivity contribution in [3.05, 3.63) is 60.3 Å². The van der Waals surface area contributed by atoms with Crippen molar-refractivity contribution in [3.63, 3.8) is 0 Å². The van der Waals surface area contributed by atoms with Crippen LogP contribution in [-0.4, -0.2) is 21.3 Å². The molecule has 0 unspecified atom stereocenters. The predicted octanol–water partition coefficient (Wildman–Crippen LogP) is 3.12. The molecule has 0 saturated heterocycles. The Bertz CT molecular complexity index is 769. The van der Waals surface area contributed by atoms with Crippen LogP contribution in [0.15, 0.2) is 54.6 Å². The van der Waals surface area contributed by atoms with Crippen molar-refractivity contribution in [2.75, 3.05) is 0 Å². The van der Waals surface area contributed by atoms with Crippen LogP contribution in [0.2, 0.25) is 0 Å². The molecule has 3 aromatic rings. The quantitative estimate of drug-likeness (QED) is 0.788. The van der Waals surface area contributed by atoms with Gasteiger partial charge >= 0.3 is 5.97 Å². The van der Waals surface area contributed by atoms with Gasteiger partial charge in [-0.05, 0) is 29.0 Å². The number of nitrogens with zero attached hydrogens (tertiary/aromatic N) is 2. The molecule has 5 nitrogen and oxygen atoms in total. The summed E-state index contributed by atoms with van der Waals surface area (Å²) in [5.41, 5.74) is -0.115. The highest BCUT2D eigenvalue weighted by Gasteiger charge is 2.06. The van der Waals surface area contributed by atoms with Crippen molar-refractivity contribution < 1.29 is 14.6 Å². The topological polar surface area (TPSA) is 72.3 Å². The molecule has 0 aliphatic rings. The zero-order valence-corrected chi connectivity index (χ0v) is 10.4. The maximum absolute atomic E-state index is 10.7. The zero-order valence-electron chi connectivity index (χ0n) is 10.4. The van der Waals surface area contributed by atoms with Gasteiger partial charge in [-0.1, -0.05) is 30.3 Å². The van der Waals surface area contributed by atoms with E-state index in [0.717, 1.165) is 10.8 Å². The van der Waals surface area contributed by atoms with Gasteiger partial charge in [0, 0.05) is 6.07 Å². The lowest BCUT2D eigenvalue weighted by molar-refractivity contribution is 0.0689. The number of hydrogen-bond acceptors (Lipinski definition) is 4. The average molecular weight is 266 g/mol. The molecule has 0 fully saturated rings. The summed E-state index contributed by atoms with van der Waals surface area (Å²) >= 11 is 0. The molecule has 1 heterocycles. The smallest absolute Gasteiger partial charge is 0.356 e. The van der Waals surface area contributed by atoms with Crippen LogP contribution in [0.25, 0.3) is 10.8 Å². The number of carboxylic acid groups (broad SMARTS) is 1. The van der Waals surface area contributed by atoms with Crippen LogP contribution in [0.3, 0.4) is 0 Å². The number of carbonyl (C=O) groups is 1. The second-order valence-corrected chi connectivity index (χ2v) is 4.17. The molecule has 0 spiro atoms. The maximum atomic E-state index is 10.7. The van der Waals surface area contributed by atoms with Gasteiger partial charge in [0.1, 0.15) is 5.75 Å². The van der Waals surface area contributed by atoms with Crippen LogP contribution in [0.1, 0.15) is 10.5 Å². The Balaban J connectivity index is 1.87. The summed E-state index contributed by atoms with van der Waals surface area (Å²) in [6.07, 6.45) is 0. The van der Waals surface area contributed by atoms with Crippen LogP contribution in [0.5, 0.6) is 11.6 Å². The molecular weight excluding hydrogens is 256 g/mol. The normalized spacial score (nSPS) is 10.4. The minimum Gasteiger partial charge on any atom is -0.476 e. The van der Waals surface area contributed by atoms with Crippen LogP contribution in [0.4, 0.5) is 0 Å². The van der Waals surface area contributed by atoms with E-state index in [-0.39, 0.29) is 11.6 Å². The monoisotopic (exact) mass is 266 g/mol. The van der Waals surface area contributed by atoms with E-state index in [0.29, 0.717) is 5.75 Å². The van der Waals surface area contributed by atoms with E-state index < -0.39 is 5.97 Å². The van der Waals surface area contributed by atoms with Gasteiger partial charge in [0.05, 0.1) is 0 Å². The molecule has 20 heavy (non-hydrogen) atoms. The van der Waals surface area contributed by atoms with Crippen LogP contribution < -0.4 is 4.74 Å². The molecule has 0 aliphatic carbocycles. The van der Waals surface area contributed by atoms with E-state index in [2.05, 4.69) is 10.2 Å². The summed E-state index contributed by atoms with van der Waals surface area (Å²) in [5.74, 6) is -0.235. The second kappa shape index (κ2) is 4.97. The minimum atomic E-state index is -1.12. The van der Waals surface area contributed by atoms with Crippen molar-refractivity contribution >= 4 is 16.7 Å². The molecule has 3 rings (SSSR count). The SMILES string of the molecule is O=C(O)c1ccc(Oc2ccc3ccccc3c2)nn1. The third kappa shape index (κ3) is 2.42. The molecule has 0 atom stereocenters. The molecule has 5 heteroatoms. The summed E-state index contributed by atoms with van der Waals surface area (Å²) in [5, 5.41) is 18.2. The van der Waals surface area contributed by atoms with Gasteiger partial charge in [0.25, 0.3) is 0 Å². The largest absolute Gasteiger partial charge is 0.476 e. The number of aromatic nitrogens is 2.